The molecule has 0 aromatic carbocycles. The molecule has 86 valence electrons. The van der Waals surface area contributed by atoms with Crippen molar-refractivity contribution in [2.75, 3.05) is 27.9 Å². The minimum absolute atomic E-state index is 0.0205. The summed E-state index contributed by atoms with van der Waals surface area (Å²) >= 11 is 0. The van der Waals surface area contributed by atoms with Crippen LogP contribution in [0.15, 0.2) is 0 Å². The maximum absolute atomic E-state index is 10.6. The molecule has 0 saturated heterocycles. The monoisotopic (exact) mass is 222 g/mol. The fourth-order valence-electron chi connectivity index (χ4n) is 1.26. The summed E-state index contributed by atoms with van der Waals surface area (Å²) in [7, 11) is 2.05. The van der Waals surface area contributed by atoms with Crippen LogP contribution in [-0.2, 0) is 18.1 Å². The molecule has 1 amide bonds. The Balaban J connectivity index is 3.77. The van der Waals surface area contributed by atoms with Crippen LogP contribution in [0, 0.1) is 0 Å². The minimum atomic E-state index is -2.73. The van der Waals surface area contributed by atoms with Gasteiger partial charge >= 0.3 is 85.4 Å². The molecule has 0 aromatic heterocycles. The van der Waals surface area contributed by atoms with E-state index in [-0.39, 0.29) is 5.91 Å². The standard InChI is InChI=1S/C8H20NO4Si/c1-8(10)9-6-5-7-14(11-2,12-3)13-4/h14H,5-7H2,1-4H3,(H,9,10)/q-1. The van der Waals surface area contributed by atoms with Crippen molar-refractivity contribution in [3.8, 4) is 0 Å². The SMILES string of the molecule is CO[SiH-](CCCNC(C)=O)(OC)OC. The Kier molecular flexibility index (Phi) is 6.72. The molecule has 0 aliphatic rings. The Morgan fingerprint density at radius 2 is 1.71 bits per heavy atom. The molecular formula is C8H20NO4Si-. The molecule has 0 saturated carbocycles. The van der Waals surface area contributed by atoms with Crippen molar-refractivity contribution in [2.24, 2.45) is 0 Å². The third kappa shape index (κ3) is 4.71. The van der Waals surface area contributed by atoms with Gasteiger partial charge in [-0.25, -0.2) is 0 Å². The molecule has 0 fully saturated rings. The van der Waals surface area contributed by atoms with Gasteiger partial charge in [0.25, 0.3) is 0 Å². The molecule has 0 rings (SSSR count). The Morgan fingerprint density at radius 1 is 1.21 bits per heavy atom. The molecule has 0 spiro atoms. The van der Waals surface area contributed by atoms with E-state index in [4.69, 9.17) is 13.3 Å². The Hall–Kier alpha value is -0.433. The number of amides is 1. The van der Waals surface area contributed by atoms with Crippen LogP contribution in [0.1, 0.15) is 13.3 Å². The summed E-state index contributed by atoms with van der Waals surface area (Å²) in [4.78, 5) is 10.6. The fraction of sp³-hybridized carbons (Fsp3) is 0.875. The van der Waals surface area contributed by atoms with Gasteiger partial charge in [0.15, 0.2) is 0 Å². The molecule has 6 heteroatoms. The van der Waals surface area contributed by atoms with Crippen molar-refractivity contribution >= 4 is 14.7 Å². The quantitative estimate of drug-likeness (QED) is 0.491. The van der Waals surface area contributed by atoms with E-state index < -0.39 is 8.80 Å². The molecule has 5 nitrogen and oxygen atoms in total. The number of hydrogen-bond donors (Lipinski definition) is 1. The Morgan fingerprint density at radius 3 is 2.07 bits per heavy atom. The van der Waals surface area contributed by atoms with Crippen molar-refractivity contribution in [1.82, 2.24) is 5.32 Å². The van der Waals surface area contributed by atoms with E-state index in [2.05, 4.69) is 5.32 Å². The van der Waals surface area contributed by atoms with Crippen LogP contribution in [0.2, 0.25) is 6.04 Å². The molecule has 0 aromatic rings. The molecule has 0 aliphatic heterocycles. The first-order chi connectivity index (χ1) is 6.60. The zero-order valence-electron chi connectivity index (χ0n) is 9.33. The predicted octanol–water partition coefficient (Wildman–Crippen LogP) is 0.123. The van der Waals surface area contributed by atoms with Crippen molar-refractivity contribution in [3.63, 3.8) is 0 Å². The fourth-order valence-corrected chi connectivity index (χ4v) is 3.25. The predicted molar refractivity (Wildman–Crippen MR) is 56.3 cm³/mol. The summed E-state index contributed by atoms with van der Waals surface area (Å²) in [5, 5.41) is 2.71. The third-order valence-corrected chi connectivity index (χ3v) is 5.46. The number of rotatable bonds is 7. The van der Waals surface area contributed by atoms with Gasteiger partial charge in [0, 0.05) is 0 Å². The molecule has 0 atom stereocenters. The van der Waals surface area contributed by atoms with Crippen molar-refractivity contribution < 1.29 is 18.1 Å². The van der Waals surface area contributed by atoms with Gasteiger partial charge in [-0.2, -0.15) is 0 Å². The number of carbonyl (C=O) groups is 1. The molecular weight excluding hydrogens is 202 g/mol. The average Bonchev–Trinajstić information content (AvgIpc) is 2.19. The van der Waals surface area contributed by atoms with Gasteiger partial charge < -0.3 is 0 Å². The summed E-state index contributed by atoms with van der Waals surface area (Å²) in [6, 6.07) is 0.733. The van der Waals surface area contributed by atoms with Gasteiger partial charge in [-0.15, -0.1) is 0 Å². The van der Waals surface area contributed by atoms with Crippen LogP contribution in [0.4, 0.5) is 0 Å². The molecule has 0 bridgehead atoms. The molecule has 1 N–H and O–H groups in total. The third-order valence-electron chi connectivity index (χ3n) is 2.19. The van der Waals surface area contributed by atoms with Gasteiger partial charge in [-0.1, -0.05) is 0 Å². The second kappa shape index (κ2) is 6.94. The molecule has 0 aliphatic carbocycles. The van der Waals surface area contributed by atoms with Crippen molar-refractivity contribution in [3.05, 3.63) is 0 Å². The first-order valence-electron chi connectivity index (χ1n) is 4.65. The Labute approximate surface area is 86.1 Å². The van der Waals surface area contributed by atoms with Gasteiger partial charge in [-0.05, 0) is 0 Å². The first kappa shape index (κ1) is 13.6. The normalized spacial score (nSPS) is 12.6. The van der Waals surface area contributed by atoms with E-state index in [1.165, 1.54) is 6.92 Å². The van der Waals surface area contributed by atoms with Crippen LogP contribution in [0.25, 0.3) is 0 Å². The van der Waals surface area contributed by atoms with E-state index in [1.807, 2.05) is 0 Å². The first-order valence-corrected chi connectivity index (χ1v) is 6.88. The number of nitrogens with one attached hydrogen (secondary N) is 1. The topological polar surface area (TPSA) is 56.8 Å². The average molecular weight is 222 g/mol. The van der Waals surface area contributed by atoms with Gasteiger partial charge in [-0.3, -0.25) is 0 Å². The molecule has 14 heavy (non-hydrogen) atoms. The second-order valence-electron chi connectivity index (χ2n) is 3.12. The maximum atomic E-state index is 10.6. The zero-order valence-corrected chi connectivity index (χ0v) is 10.5. The summed E-state index contributed by atoms with van der Waals surface area (Å²) in [6.45, 7) is 2.13. The molecule has 0 radical (unpaired) electrons. The van der Waals surface area contributed by atoms with Gasteiger partial charge in [0.1, 0.15) is 0 Å². The summed E-state index contributed by atoms with van der Waals surface area (Å²) in [5.74, 6) is -0.0205. The van der Waals surface area contributed by atoms with Crippen LogP contribution < -0.4 is 5.32 Å². The Bertz CT molecular complexity index is 164. The van der Waals surface area contributed by atoms with E-state index in [0.717, 1.165) is 12.5 Å². The van der Waals surface area contributed by atoms with Crippen LogP contribution in [0.5, 0.6) is 0 Å². The second-order valence-corrected chi connectivity index (χ2v) is 6.69. The van der Waals surface area contributed by atoms with E-state index >= 15 is 0 Å². The van der Waals surface area contributed by atoms with Crippen molar-refractivity contribution in [2.45, 2.75) is 19.4 Å². The van der Waals surface area contributed by atoms with Crippen LogP contribution in [0.3, 0.4) is 0 Å². The summed E-state index contributed by atoms with van der Waals surface area (Å²) < 4.78 is 15.8. The summed E-state index contributed by atoms with van der Waals surface area (Å²) in [5.41, 5.74) is 0. The number of hydrogen-bond acceptors (Lipinski definition) is 4. The van der Waals surface area contributed by atoms with Gasteiger partial charge in [0.05, 0.1) is 0 Å². The zero-order chi connectivity index (χ0) is 11.0. The summed E-state index contributed by atoms with van der Waals surface area (Å²) in [6.07, 6.45) is 0.805. The van der Waals surface area contributed by atoms with E-state index in [1.54, 1.807) is 21.3 Å². The van der Waals surface area contributed by atoms with Crippen LogP contribution in [-0.4, -0.2) is 42.6 Å². The molecule has 0 unspecified atom stereocenters. The van der Waals surface area contributed by atoms with Crippen molar-refractivity contribution in [1.29, 1.82) is 0 Å². The molecule has 0 heterocycles. The number of carbonyl (C=O) groups excluding carboxylic acids is 1. The van der Waals surface area contributed by atoms with Gasteiger partial charge in [0.2, 0.25) is 0 Å². The van der Waals surface area contributed by atoms with E-state index in [0.29, 0.717) is 6.54 Å². The van der Waals surface area contributed by atoms with E-state index in [9.17, 15) is 4.79 Å². The van der Waals surface area contributed by atoms with Crippen LogP contribution >= 0.6 is 0 Å².